The molecule has 4 heteroatoms. The average molecular weight is 263 g/mol. The molecule has 1 aromatic rings. The van der Waals surface area contributed by atoms with Gasteiger partial charge in [-0.2, -0.15) is 0 Å². The summed E-state index contributed by atoms with van der Waals surface area (Å²) in [5, 5.41) is 0. The third-order valence-corrected chi connectivity index (χ3v) is 3.19. The van der Waals surface area contributed by atoms with Gasteiger partial charge >= 0.3 is 0 Å². The molecule has 0 aromatic heterocycles. The van der Waals surface area contributed by atoms with E-state index >= 15 is 0 Å². The fourth-order valence-corrected chi connectivity index (χ4v) is 2.18. The van der Waals surface area contributed by atoms with Gasteiger partial charge in [0.2, 0.25) is 5.91 Å². The quantitative estimate of drug-likeness (QED) is 0.819. The van der Waals surface area contributed by atoms with Gasteiger partial charge < -0.3 is 14.4 Å². The molecule has 1 aromatic carbocycles. The number of carbonyl (C=O) groups is 1. The lowest BCUT2D eigenvalue weighted by atomic mass is 10.2. The first kappa shape index (κ1) is 13.7. The monoisotopic (exact) mass is 263 g/mol. The Morgan fingerprint density at radius 1 is 1.32 bits per heavy atom. The highest BCUT2D eigenvalue weighted by Crippen LogP contribution is 2.31. The van der Waals surface area contributed by atoms with Crippen LogP contribution in [-0.2, 0) is 4.79 Å². The standard InChI is InChI=1S/C15H21NO3/c1-3-7-15(17)16(4-2)10-12-11-18-13-8-5-6-9-14(13)19-12/h5-6,8-9,12H,3-4,7,10-11H2,1-2H3. The molecule has 1 aliphatic heterocycles. The van der Waals surface area contributed by atoms with E-state index in [4.69, 9.17) is 9.47 Å². The fourth-order valence-electron chi connectivity index (χ4n) is 2.18. The van der Waals surface area contributed by atoms with E-state index in [2.05, 4.69) is 0 Å². The zero-order valence-corrected chi connectivity index (χ0v) is 11.6. The Hall–Kier alpha value is -1.71. The Morgan fingerprint density at radius 2 is 2.05 bits per heavy atom. The number of hydrogen-bond acceptors (Lipinski definition) is 3. The fraction of sp³-hybridized carbons (Fsp3) is 0.533. The van der Waals surface area contributed by atoms with Gasteiger partial charge in [-0.15, -0.1) is 0 Å². The number of ether oxygens (including phenoxy) is 2. The molecule has 0 saturated carbocycles. The highest BCUT2D eigenvalue weighted by Gasteiger charge is 2.24. The van der Waals surface area contributed by atoms with E-state index in [1.165, 1.54) is 0 Å². The molecule has 1 amide bonds. The van der Waals surface area contributed by atoms with Crippen molar-refractivity contribution in [3.05, 3.63) is 24.3 Å². The summed E-state index contributed by atoms with van der Waals surface area (Å²) in [6, 6.07) is 7.63. The van der Waals surface area contributed by atoms with Crippen LogP contribution >= 0.6 is 0 Å². The SMILES string of the molecule is CCCC(=O)N(CC)CC1COc2ccccc2O1. The number of hydrogen-bond donors (Lipinski definition) is 0. The van der Waals surface area contributed by atoms with Gasteiger partial charge in [-0.1, -0.05) is 19.1 Å². The lowest BCUT2D eigenvalue weighted by Gasteiger charge is -2.30. The number of nitrogens with zero attached hydrogens (tertiary/aromatic N) is 1. The van der Waals surface area contributed by atoms with Crippen LogP contribution in [0.25, 0.3) is 0 Å². The normalized spacial score (nSPS) is 17.1. The Morgan fingerprint density at radius 3 is 2.74 bits per heavy atom. The molecule has 0 aliphatic carbocycles. The number of rotatable bonds is 5. The van der Waals surface area contributed by atoms with Gasteiger partial charge in [0.15, 0.2) is 17.6 Å². The van der Waals surface area contributed by atoms with Gasteiger partial charge in [0, 0.05) is 13.0 Å². The number of fused-ring (bicyclic) bond motifs is 1. The lowest BCUT2D eigenvalue weighted by molar-refractivity contribution is -0.132. The number of amides is 1. The molecular formula is C15H21NO3. The molecule has 0 saturated heterocycles. The summed E-state index contributed by atoms with van der Waals surface area (Å²) in [6.07, 6.45) is 1.38. The largest absolute Gasteiger partial charge is 0.486 e. The van der Waals surface area contributed by atoms with Crippen molar-refractivity contribution >= 4 is 5.91 Å². The van der Waals surface area contributed by atoms with Crippen LogP contribution in [0.5, 0.6) is 11.5 Å². The summed E-state index contributed by atoms with van der Waals surface area (Å²) in [4.78, 5) is 13.8. The molecular weight excluding hydrogens is 242 g/mol. The van der Waals surface area contributed by atoms with Crippen molar-refractivity contribution in [3.8, 4) is 11.5 Å². The molecule has 1 unspecified atom stereocenters. The molecule has 2 rings (SSSR count). The van der Waals surface area contributed by atoms with E-state index in [9.17, 15) is 4.79 Å². The van der Waals surface area contributed by atoms with Gasteiger partial charge in [-0.25, -0.2) is 0 Å². The molecule has 0 fully saturated rings. The van der Waals surface area contributed by atoms with Crippen LogP contribution in [-0.4, -0.2) is 36.6 Å². The first-order valence-electron chi connectivity index (χ1n) is 6.90. The number of benzene rings is 1. The summed E-state index contributed by atoms with van der Waals surface area (Å²) in [7, 11) is 0. The zero-order chi connectivity index (χ0) is 13.7. The van der Waals surface area contributed by atoms with Crippen molar-refractivity contribution in [1.29, 1.82) is 0 Å². The minimum Gasteiger partial charge on any atom is -0.486 e. The van der Waals surface area contributed by atoms with Crippen LogP contribution in [0.1, 0.15) is 26.7 Å². The minimum absolute atomic E-state index is 0.0874. The number of para-hydroxylation sites is 2. The lowest BCUT2D eigenvalue weighted by Crippen LogP contribution is -2.43. The number of carbonyl (C=O) groups excluding carboxylic acids is 1. The van der Waals surface area contributed by atoms with Gasteiger partial charge in [-0.05, 0) is 25.5 Å². The summed E-state index contributed by atoms with van der Waals surface area (Å²) in [5.41, 5.74) is 0. The van der Waals surface area contributed by atoms with Crippen molar-refractivity contribution in [2.75, 3.05) is 19.7 Å². The van der Waals surface area contributed by atoms with E-state index < -0.39 is 0 Å². The third-order valence-electron chi connectivity index (χ3n) is 3.19. The molecule has 1 aliphatic rings. The van der Waals surface area contributed by atoms with E-state index in [1.807, 2.05) is 43.0 Å². The molecule has 0 bridgehead atoms. The van der Waals surface area contributed by atoms with Gasteiger partial charge in [0.05, 0.1) is 6.54 Å². The van der Waals surface area contributed by atoms with Crippen LogP contribution in [0, 0.1) is 0 Å². The third kappa shape index (κ3) is 3.40. The van der Waals surface area contributed by atoms with Crippen molar-refractivity contribution < 1.29 is 14.3 Å². The predicted molar refractivity (Wildman–Crippen MR) is 73.5 cm³/mol. The summed E-state index contributed by atoms with van der Waals surface area (Å²) >= 11 is 0. The second kappa shape index (κ2) is 6.45. The van der Waals surface area contributed by atoms with E-state index in [0.29, 0.717) is 26.1 Å². The Balaban J connectivity index is 1.95. The van der Waals surface area contributed by atoms with Gasteiger partial charge in [0.1, 0.15) is 6.61 Å². The minimum atomic E-state index is -0.0874. The topological polar surface area (TPSA) is 38.8 Å². The maximum absolute atomic E-state index is 11.9. The molecule has 104 valence electrons. The maximum atomic E-state index is 11.9. The van der Waals surface area contributed by atoms with E-state index in [-0.39, 0.29) is 12.0 Å². The number of likely N-dealkylation sites (N-methyl/N-ethyl adjacent to an activating group) is 1. The Labute approximate surface area is 114 Å². The summed E-state index contributed by atoms with van der Waals surface area (Å²) < 4.78 is 11.5. The first-order valence-corrected chi connectivity index (χ1v) is 6.90. The Bertz CT molecular complexity index is 433. The Kier molecular flexibility index (Phi) is 4.66. The molecule has 0 N–H and O–H groups in total. The van der Waals surface area contributed by atoms with Gasteiger partial charge in [0.25, 0.3) is 0 Å². The van der Waals surface area contributed by atoms with Crippen molar-refractivity contribution in [2.24, 2.45) is 0 Å². The predicted octanol–water partition coefficient (Wildman–Crippen LogP) is 2.48. The van der Waals surface area contributed by atoms with Crippen molar-refractivity contribution in [3.63, 3.8) is 0 Å². The molecule has 19 heavy (non-hydrogen) atoms. The highest BCUT2D eigenvalue weighted by atomic mass is 16.6. The van der Waals surface area contributed by atoms with E-state index in [1.54, 1.807) is 0 Å². The van der Waals surface area contributed by atoms with Crippen LogP contribution in [0.3, 0.4) is 0 Å². The summed E-state index contributed by atoms with van der Waals surface area (Å²) in [6.45, 7) is 5.80. The molecule has 4 nitrogen and oxygen atoms in total. The van der Waals surface area contributed by atoms with Crippen LogP contribution in [0.2, 0.25) is 0 Å². The van der Waals surface area contributed by atoms with Crippen LogP contribution in [0.4, 0.5) is 0 Å². The van der Waals surface area contributed by atoms with Crippen molar-refractivity contribution in [1.82, 2.24) is 4.90 Å². The van der Waals surface area contributed by atoms with E-state index in [0.717, 1.165) is 17.9 Å². The highest BCUT2D eigenvalue weighted by molar-refractivity contribution is 5.76. The maximum Gasteiger partial charge on any atom is 0.222 e. The second-order valence-corrected chi connectivity index (χ2v) is 4.68. The van der Waals surface area contributed by atoms with Crippen LogP contribution in [0.15, 0.2) is 24.3 Å². The van der Waals surface area contributed by atoms with Gasteiger partial charge in [-0.3, -0.25) is 4.79 Å². The smallest absolute Gasteiger partial charge is 0.222 e. The molecule has 0 radical (unpaired) electrons. The van der Waals surface area contributed by atoms with Crippen LogP contribution < -0.4 is 9.47 Å². The summed E-state index contributed by atoms with van der Waals surface area (Å²) in [5.74, 6) is 1.73. The molecule has 1 atom stereocenters. The zero-order valence-electron chi connectivity index (χ0n) is 11.6. The molecule has 0 spiro atoms. The first-order chi connectivity index (χ1) is 9.24. The second-order valence-electron chi connectivity index (χ2n) is 4.68. The van der Waals surface area contributed by atoms with Crippen molar-refractivity contribution in [2.45, 2.75) is 32.8 Å². The molecule has 1 heterocycles. The average Bonchev–Trinajstić information content (AvgIpc) is 2.44.